The zero-order chi connectivity index (χ0) is 14.2. The number of hydrogen-bond acceptors (Lipinski definition) is 4. The fourth-order valence-electron chi connectivity index (χ4n) is 2.07. The lowest BCUT2D eigenvalue weighted by Gasteiger charge is -2.16. The van der Waals surface area contributed by atoms with Crippen molar-refractivity contribution in [2.75, 3.05) is 10.8 Å². The highest BCUT2D eigenvalue weighted by atomic mass is 35.5. The monoisotopic (exact) mass is 282 g/mol. The molecule has 7 heteroatoms. The first-order valence-corrected chi connectivity index (χ1v) is 6.17. The Hall–Kier alpha value is -1.95. The molecule has 1 aliphatic rings. The molecule has 1 heterocycles. The number of hydrogen-bond donors (Lipinski definition) is 0. The largest absolute Gasteiger partial charge is 0.274 e. The Morgan fingerprint density at radius 1 is 1.47 bits per heavy atom. The second kappa shape index (κ2) is 4.97. The Labute approximate surface area is 114 Å². The Morgan fingerprint density at radius 2 is 2.16 bits per heavy atom. The molecular formula is C12H11ClN2O4. The van der Waals surface area contributed by atoms with Crippen molar-refractivity contribution in [2.45, 2.75) is 13.3 Å². The third kappa shape index (κ3) is 2.31. The standard InChI is InChI=1S/C12H11ClN2O4/c1-7-4-9(15(18)19)2-3-10(7)14-11(16)5-8(6-13)12(14)17/h2-4,8H,5-6H2,1H3. The summed E-state index contributed by atoms with van der Waals surface area (Å²) in [5, 5.41) is 10.7. The number of nitro groups is 1. The first kappa shape index (κ1) is 13.5. The fourth-order valence-corrected chi connectivity index (χ4v) is 2.31. The van der Waals surface area contributed by atoms with Crippen molar-refractivity contribution < 1.29 is 14.5 Å². The molecule has 100 valence electrons. The van der Waals surface area contributed by atoms with Gasteiger partial charge in [0.2, 0.25) is 11.8 Å². The Balaban J connectivity index is 2.40. The summed E-state index contributed by atoms with van der Waals surface area (Å²) in [5.74, 6) is -1.10. The minimum absolute atomic E-state index is 0.0748. The third-order valence-corrected chi connectivity index (χ3v) is 3.43. The molecule has 1 saturated heterocycles. The third-order valence-electron chi connectivity index (χ3n) is 3.06. The van der Waals surface area contributed by atoms with E-state index in [0.29, 0.717) is 11.3 Å². The van der Waals surface area contributed by atoms with Gasteiger partial charge in [0.25, 0.3) is 5.69 Å². The first-order chi connectivity index (χ1) is 8.95. The Kier molecular flexibility index (Phi) is 3.53. The van der Waals surface area contributed by atoms with Crippen LogP contribution in [0.2, 0.25) is 0 Å². The van der Waals surface area contributed by atoms with Crippen LogP contribution in [0.1, 0.15) is 12.0 Å². The van der Waals surface area contributed by atoms with Crippen molar-refractivity contribution in [1.29, 1.82) is 0 Å². The number of halogens is 1. The van der Waals surface area contributed by atoms with Gasteiger partial charge in [-0.3, -0.25) is 19.7 Å². The molecule has 1 aliphatic heterocycles. The van der Waals surface area contributed by atoms with Gasteiger partial charge in [-0.05, 0) is 18.6 Å². The van der Waals surface area contributed by atoms with Crippen LogP contribution in [0, 0.1) is 23.0 Å². The molecule has 0 N–H and O–H groups in total. The molecule has 1 aromatic carbocycles. The molecular weight excluding hydrogens is 272 g/mol. The van der Waals surface area contributed by atoms with Crippen LogP contribution in [0.5, 0.6) is 0 Å². The number of nitrogens with zero attached hydrogens (tertiary/aromatic N) is 2. The van der Waals surface area contributed by atoms with Gasteiger partial charge in [0.15, 0.2) is 0 Å². The van der Waals surface area contributed by atoms with Crippen molar-refractivity contribution in [3.63, 3.8) is 0 Å². The molecule has 6 nitrogen and oxygen atoms in total. The van der Waals surface area contributed by atoms with Gasteiger partial charge in [0.05, 0.1) is 16.5 Å². The van der Waals surface area contributed by atoms with Gasteiger partial charge in [-0.2, -0.15) is 0 Å². The number of carbonyl (C=O) groups is 2. The topological polar surface area (TPSA) is 80.5 Å². The molecule has 1 atom stereocenters. The van der Waals surface area contributed by atoms with Crippen molar-refractivity contribution in [1.82, 2.24) is 0 Å². The summed E-state index contributed by atoms with van der Waals surface area (Å²) in [5.41, 5.74) is 0.813. The Morgan fingerprint density at radius 3 is 2.63 bits per heavy atom. The lowest BCUT2D eigenvalue weighted by Crippen LogP contribution is -2.31. The predicted octanol–water partition coefficient (Wildman–Crippen LogP) is 2.02. The summed E-state index contributed by atoms with van der Waals surface area (Å²) in [4.78, 5) is 35.0. The molecule has 1 aromatic rings. The van der Waals surface area contributed by atoms with E-state index in [0.717, 1.165) is 4.90 Å². The summed E-state index contributed by atoms with van der Waals surface area (Å²) in [6.07, 6.45) is 0.0821. The zero-order valence-corrected chi connectivity index (χ0v) is 10.9. The molecule has 0 radical (unpaired) electrons. The normalized spacial score (nSPS) is 19.1. The van der Waals surface area contributed by atoms with E-state index in [1.54, 1.807) is 6.92 Å². The molecule has 0 bridgehead atoms. The van der Waals surface area contributed by atoms with Gasteiger partial charge >= 0.3 is 0 Å². The molecule has 0 spiro atoms. The highest BCUT2D eigenvalue weighted by Gasteiger charge is 2.39. The minimum Gasteiger partial charge on any atom is -0.274 e. The summed E-state index contributed by atoms with van der Waals surface area (Å²) >= 11 is 5.64. The lowest BCUT2D eigenvalue weighted by molar-refractivity contribution is -0.384. The Bertz CT molecular complexity index is 573. The summed E-state index contributed by atoms with van der Waals surface area (Å²) in [6, 6.07) is 4.03. The number of anilines is 1. The molecule has 2 rings (SSSR count). The highest BCUT2D eigenvalue weighted by molar-refractivity contribution is 6.26. The maximum atomic E-state index is 12.0. The molecule has 1 fully saturated rings. The maximum absolute atomic E-state index is 12.0. The summed E-state index contributed by atoms with van der Waals surface area (Å²) in [6.45, 7) is 1.62. The summed E-state index contributed by atoms with van der Waals surface area (Å²) in [7, 11) is 0. The number of rotatable bonds is 3. The summed E-state index contributed by atoms with van der Waals surface area (Å²) < 4.78 is 0. The van der Waals surface area contributed by atoms with Crippen LogP contribution in [-0.4, -0.2) is 22.6 Å². The van der Waals surface area contributed by atoms with E-state index in [2.05, 4.69) is 0 Å². The van der Waals surface area contributed by atoms with Gasteiger partial charge in [0, 0.05) is 24.4 Å². The van der Waals surface area contributed by atoms with Gasteiger partial charge in [-0.25, -0.2) is 4.90 Å². The quantitative estimate of drug-likeness (QED) is 0.368. The number of amides is 2. The van der Waals surface area contributed by atoms with Crippen LogP contribution in [0.4, 0.5) is 11.4 Å². The van der Waals surface area contributed by atoms with Gasteiger partial charge in [0.1, 0.15) is 0 Å². The van der Waals surface area contributed by atoms with Crippen LogP contribution in [0.15, 0.2) is 18.2 Å². The molecule has 0 aromatic heterocycles. The number of carbonyl (C=O) groups excluding carboxylic acids is 2. The molecule has 2 amide bonds. The van der Waals surface area contributed by atoms with E-state index in [9.17, 15) is 19.7 Å². The van der Waals surface area contributed by atoms with Crippen LogP contribution in [-0.2, 0) is 9.59 Å². The second-order valence-corrected chi connectivity index (χ2v) is 4.66. The number of benzene rings is 1. The number of alkyl halides is 1. The van der Waals surface area contributed by atoms with Crippen molar-refractivity contribution >= 4 is 34.8 Å². The predicted molar refractivity (Wildman–Crippen MR) is 69.2 cm³/mol. The SMILES string of the molecule is Cc1cc([N+](=O)[O-])ccc1N1C(=O)CC(CCl)C1=O. The van der Waals surface area contributed by atoms with E-state index in [1.807, 2.05) is 0 Å². The fraction of sp³-hybridized carbons (Fsp3) is 0.333. The minimum atomic E-state index is -0.522. The average Bonchev–Trinajstić information content (AvgIpc) is 2.64. The van der Waals surface area contributed by atoms with E-state index in [1.165, 1.54) is 18.2 Å². The number of imide groups is 1. The van der Waals surface area contributed by atoms with Crippen LogP contribution < -0.4 is 4.90 Å². The average molecular weight is 283 g/mol. The lowest BCUT2D eigenvalue weighted by atomic mass is 10.1. The first-order valence-electron chi connectivity index (χ1n) is 5.63. The van der Waals surface area contributed by atoms with Crippen LogP contribution >= 0.6 is 11.6 Å². The van der Waals surface area contributed by atoms with Crippen LogP contribution in [0.25, 0.3) is 0 Å². The van der Waals surface area contributed by atoms with E-state index >= 15 is 0 Å². The number of aryl methyl sites for hydroxylation is 1. The zero-order valence-electron chi connectivity index (χ0n) is 10.1. The van der Waals surface area contributed by atoms with Gasteiger partial charge in [-0.15, -0.1) is 11.6 Å². The molecule has 0 saturated carbocycles. The van der Waals surface area contributed by atoms with E-state index < -0.39 is 10.8 Å². The van der Waals surface area contributed by atoms with Crippen molar-refractivity contribution in [2.24, 2.45) is 5.92 Å². The number of non-ortho nitro benzene ring substituents is 1. The number of nitro benzene ring substituents is 1. The van der Waals surface area contributed by atoms with E-state index in [4.69, 9.17) is 11.6 Å². The molecule has 19 heavy (non-hydrogen) atoms. The van der Waals surface area contributed by atoms with Crippen molar-refractivity contribution in [3.8, 4) is 0 Å². The second-order valence-electron chi connectivity index (χ2n) is 4.35. The van der Waals surface area contributed by atoms with Gasteiger partial charge < -0.3 is 0 Å². The van der Waals surface area contributed by atoms with Gasteiger partial charge in [-0.1, -0.05) is 0 Å². The van der Waals surface area contributed by atoms with Crippen LogP contribution in [0.3, 0.4) is 0 Å². The maximum Gasteiger partial charge on any atom is 0.269 e. The highest BCUT2D eigenvalue weighted by Crippen LogP contribution is 2.31. The van der Waals surface area contributed by atoms with Crippen molar-refractivity contribution in [3.05, 3.63) is 33.9 Å². The molecule has 0 aliphatic carbocycles. The molecule has 1 unspecified atom stereocenters. The smallest absolute Gasteiger partial charge is 0.269 e. The van der Waals surface area contributed by atoms with E-state index in [-0.39, 0.29) is 29.8 Å².